The molecule has 1 aliphatic heterocycles. The van der Waals surface area contributed by atoms with E-state index in [2.05, 4.69) is 39.5 Å². The molecule has 22 heavy (non-hydrogen) atoms. The van der Waals surface area contributed by atoms with Crippen LogP contribution in [0.1, 0.15) is 38.5 Å². The largest absolute Gasteiger partial charge is 0.489 e. The molecule has 0 amide bonds. The number of nitrogens with zero attached hydrogens (tertiary/aromatic N) is 2. The Kier molecular flexibility index (Phi) is 5.93. The third-order valence-electron chi connectivity index (χ3n) is 4.70. The van der Waals surface area contributed by atoms with Crippen LogP contribution in [0, 0.1) is 3.57 Å². The molecule has 0 radical (unpaired) electrons. The number of piperidine rings is 1. The number of halogens is 1. The zero-order valence-corrected chi connectivity index (χ0v) is 15.4. The second-order valence-electron chi connectivity index (χ2n) is 6.46. The van der Waals surface area contributed by atoms with Gasteiger partial charge in [0.25, 0.3) is 0 Å². The van der Waals surface area contributed by atoms with Crippen LogP contribution in [0.25, 0.3) is 0 Å². The minimum Gasteiger partial charge on any atom is -0.489 e. The molecule has 1 aliphatic carbocycles. The maximum Gasteiger partial charge on any atom is 0.136 e. The van der Waals surface area contributed by atoms with E-state index in [-0.39, 0.29) is 0 Å². The Morgan fingerprint density at radius 1 is 1.05 bits per heavy atom. The topological polar surface area (TPSA) is 34.6 Å². The molecule has 0 unspecified atom stereocenters. The Bertz CT molecular complexity index is 469. The molecule has 1 saturated heterocycles. The summed E-state index contributed by atoms with van der Waals surface area (Å²) in [5, 5.41) is 0. The van der Waals surface area contributed by atoms with Crippen LogP contribution >= 0.6 is 22.6 Å². The van der Waals surface area contributed by atoms with Crippen LogP contribution in [0.15, 0.2) is 18.5 Å². The minimum atomic E-state index is 0.327. The Balaban J connectivity index is 1.42. The van der Waals surface area contributed by atoms with Crippen molar-refractivity contribution in [2.45, 2.75) is 56.8 Å². The molecule has 4 nitrogen and oxygen atoms in total. The van der Waals surface area contributed by atoms with Crippen LogP contribution in [-0.4, -0.2) is 48.3 Å². The lowest BCUT2D eigenvalue weighted by Crippen LogP contribution is -2.37. The summed E-state index contributed by atoms with van der Waals surface area (Å²) in [4.78, 5) is 6.50. The molecule has 0 N–H and O–H groups in total. The lowest BCUT2D eigenvalue weighted by atomic mass is 9.94. The monoisotopic (exact) mass is 416 g/mol. The first-order valence-electron chi connectivity index (χ1n) is 8.31. The SMILES string of the molecule is CN1CCC(OC2CCC(Oc3ccncc3I)CC2)CC1. The number of aromatic nitrogens is 1. The van der Waals surface area contributed by atoms with Crippen molar-refractivity contribution in [2.75, 3.05) is 20.1 Å². The maximum absolute atomic E-state index is 6.31. The molecule has 0 bridgehead atoms. The quantitative estimate of drug-likeness (QED) is 0.704. The number of hydrogen-bond donors (Lipinski definition) is 0. The van der Waals surface area contributed by atoms with Gasteiger partial charge in [0.1, 0.15) is 5.75 Å². The molecule has 2 aliphatic rings. The summed E-state index contributed by atoms with van der Waals surface area (Å²) in [6.45, 7) is 2.34. The van der Waals surface area contributed by atoms with Crippen molar-refractivity contribution in [3.05, 3.63) is 22.0 Å². The van der Waals surface area contributed by atoms with Gasteiger partial charge >= 0.3 is 0 Å². The van der Waals surface area contributed by atoms with Gasteiger partial charge in [-0.15, -0.1) is 0 Å². The van der Waals surface area contributed by atoms with Crippen molar-refractivity contribution in [2.24, 2.45) is 0 Å². The Labute approximate surface area is 146 Å². The van der Waals surface area contributed by atoms with Gasteiger partial charge in [0.05, 0.1) is 21.9 Å². The normalized spacial score (nSPS) is 27.7. The van der Waals surface area contributed by atoms with Crippen molar-refractivity contribution in [1.29, 1.82) is 0 Å². The molecular formula is C17H25IN2O2. The number of pyridine rings is 1. The Morgan fingerprint density at radius 3 is 2.36 bits per heavy atom. The summed E-state index contributed by atoms with van der Waals surface area (Å²) in [6.07, 6.45) is 11.7. The molecule has 0 atom stereocenters. The first-order chi connectivity index (χ1) is 10.7. The average molecular weight is 416 g/mol. The summed E-state index contributed by atoms with van der Waals surface area (Å²) in [6, 6.07) is 1.96. The number of ether oxygens (including phenoxy) is 2. The molecule has 3 rings (SSSR count). The third-order valence-corrected chi connectivity index (χ3v) is 5.51. The van der Waals surface area contributed by atoms with Crippen LogP contribution < -0.4 is 4.74 Å². The van der Waals surface area contributed by atoms with Gasteiger partial charge in [-0.05, 0) is 74.2 Å². The molecule has 5 heteroatoms. The summed E-state index contributed by atoms with van der Waals surface area (Å²) in [5.41, 5.74) is 0. The second kappa shape index (κ2) is 7.93. The fraction of sp³-hybridized carbons (Fsp3) is 0.706. The zero-order valence-electron chi connectivity index (χ0n) is 13.2. The van der Waals surface area contributed by atoms with Gasteiger partial charge in [-0.3, -0.25) is 4.98 Å². The molecule has 122 valence electrons. The highest BCUT2D eigenvalue weighted by Crippen LogP contribution is 2.29. The third kappa shape index (κ3) is 4.55. The predicted molar refractivity (Wildman–Crippen MR) is 95.2 cm³/mol. The second-order valence-corrected chi connectivity index (χ2v) is 7.62. The van der Waals surface area contributed by atoms with E-state index in [0.29, 0.717) is 18.3 Å². The molecule has 0 spiro atoms. The Hall–Kier alpha value is -0.400. The molecule has 2 heterocycles. The van der Waals surface area contributed by atoms with E-state index in [1.54, 1.807) is 6.20 Å². The molecule has 2 fully saturated rings. The first-order valence-corrected chi connectivity index (χ1v) is 9.39. The van der Waals surface area contributed by atoms with Gasteiger partial charge in [0.15, 0.2) is 0 Å². The van der Waals surface area contributed by atoms with Crippen molar-refractivity contribution < 1.29 is 9.47 Å². The fourth-order valence-electron chi connectivity index (χ4n) is 3.32. The molecule has 1 aromatic rings. The van der Waals surface area contributed by atoms with E-state index in [9.17, 15) is 0 Å². The highest BCUT2D eigenvalue weighted by atomic mass is 127. The minimum absolute atomic E-state index is 0.327. The van der Waals surface area contributed by atoms with E-state index >= 15 is 0 Å². The molecule has 0 aromatic carbocycles. The van der Waals surface area contributed by atoms with E-state index in [0.717, 1.165) is 35.0 Å². The molecule has 1 aromatic heterocycles. The van der Waals surface area contributed by atoms with Crippen LogP contribution in [0.2, 0.25) is 0 Å². The highest BCUT2D eigenvalue weighted by molar-refractivity contribution is 14.1. The lowest BCUT2D eigenvalue weighted by molar-refractivity contribution is -0.0643. The first kappa shape index (κ1) is 16.5. The fourth-order valence-corrected chi connectivity index (χ4v) is 3.78. The van der Waals surface area contributed by atoms with Crippen molar-refractivity contribution in [1.82, 2.24) is 9.88 Å². The smallest absolute Gasteiger partial charge is 0.136 e. The lowest BCUT2D eigenvalue weighted by Gasteiger charge is -2.35. The van der Waals surface area contributed by atoms with Crippen molar-refractivity contribution >= 4 is 22.6 Å². The summed E-state index contributed by atoms with van der Waals surface area (Å²) < 4.78 is 13.5. The van der Waals surface area contributed by atoms with E-state index < -0.39 is 0 Å². The summed E-state index contributed by atoms with van der Waals surface area (Å²) in [5.74, 6) is 0.968. The van der Waals surface area contributed by atoms with E-state index in [1.165, 1.54) is 25.9 Å². The van der Waals surface area contributed by atoms with E-state index in [4.69, 9.17) is 9.47 Å². The van der Waals surface area contributed by atoms with Gasteiger partial charge in [0.2, 0.25) is 0 Å². The Morgan fingerprint density at radius 2 is 1.68 bits per heavy atom. The average Bonchev–Trinajstić information content (AvgIpc) is 2.54. The van der Waals surface area contributed by atoms with E-state index in [1.807, 2.05) is 12.3 Å². The predicted octanol–water partition coefficient (Wildman–Crippen LogP) is 3.49. The van der Waals surface area contributed by atoms with Crippen LogP contribution in [0.3, 0.4) is 0 Å². The number of hydrogen-bond acceptors (Lipinski definition) is 4. The maximum atomic E-state index is 6.31. The molecular weight excluding hydrogens is 391 g/mol. The number of likely N-dealkylation sites (tertiary alicyclic amines) is 1. The zero-order chi connectivity index (χ0) is 15.4. The van der Waals surface area contributed by atoms with Crippen LogP contribution in [0.5, 0.6) is 5.75 Å². The van der Waals surface area contributed by atoms with Gasteiger partial charge in [-0.25, -0.2) is 0 Å². The van der Waals surface area contributed by atoms with Gasteiger partial charge in [-0.1, -0.05) is 0 Å². The van der Waals surface area contributed by atoms with Crippen LogP contribution in [-0.2, 0) is 4.74 Å². The molecule has 1 saturated carbocycles. The van der Waals surface area contributed by atoms with Crippen molar-refractivity contribution in [3.63, 3.8) is 0 Å². The van der Waals surface area contributed by atoms with Gasteiger partial charge in [0, 0.05) is 25.5 Å². The summed E-state index contributed by atoms with van der Waals surface area (Å²) in [7, 11) is 2.19. The van der Waals surface area contributed by atoms with Gasteiger partial charge in [-0.2, -0.15) is 0 Å². The number of rotatable bonds is 4. The van der Waals surface area contributed by atoms with Crippen molar-refractivity contribution in [3.8, 4) is 5.75 Å². The standard InChI is InChI=1S/C17H25IN2O2/c1-20-10-7-15(8-11-20)21-13-2-4-14(5-3-13)22-17-6-9-19-12-16(17)18/h6,9,12-15H,2-5,7-8,10-11H2,1H3. The highest BCUT2D eigenvalue weighted by Gasteiger charge is 2.27. The van der Waals surface area contributed by atoms with Crippen LogP contribution in [0.4, 0.5) is 0 Å². The van der Waals surface area contributed by atoms with Gasteiger partial charge < -0.3 is 14.4 Å². The summed E-state index contributed by atoms with van der Waals surface area (Å²) >= 11 is 2.28.